The molecule has 7 heteroatoms. The fourth-order valence-electron chi connectivity index (χ4n) is 2.09. The van der Waals surface area contributed by atoms with E-state index < -0.39 is 0 Å². The van der Waals surface area contributed by atoms with Crippen LogP contribution in [0.2, 0.25) is 10.0 Å². The number of anilines is 1. The predicted octanol–water partition coefficient (Wildman–Crippen LogP) is 3.89. The molecule has 0 atom stereocenters. The number of ether oxygens (including phenoxy) is 1. The molecule has 23 heavy (non-hydrogen) atoms. The Morgan fingerprint density at radius 1 is 1.30 bits per heavy atom. The number of ketones is 1. The molecule has 122 valence electrons. The van der Waals surface area contributed by atoms with Gasteiger partial charge in [-0.3, -0.25) is 9.59 Å². The highest BCUT2D eigenvalue weighted by Crippen LogP contribution is 2.36. The van der Waals surface area contributed by atoms with E-state index in [9.17, 15) is 9.59 Å². The van der Waals surface area contributed by atoms with Gasteiger partial charge >= 0.3 is 0 Å². The van der Waals surface area contributed by atoms with Crippen LogP contribution in [0.5, 0.6) is 5.75 Å². The van der Waals surface area contributed by atoms with Crippen molar-refractivity contribution in [2.75, 3.05) is 11.9 Å². The number of hydrogen-bond acceptors (Lipinski definition) is 4. The van der Waals surface area contributed by atoms with Crippen LogP contribution in [-0.2, 0) is 9.59 Å². The maximum Gasteiger partial charge on any atom is 0.221 e. The molecule has 0 saturated heterocycles. The van der Waals surface area contributed by atoms with Crippen molar-refractivity contribution in [1.29, 1.82) is 0 Å². The maximum atomic E-state index is 11.8. The number of carbonyl (C=O) groups excluding carboxylic acids is 2. The average Bonchev–Trinajstić information content (AvgIpc) is 2.43. The standard InChI is InChI=1S/C16H16Cl2N2O3/c1-8(2)11-6-15(19-7-14(11)22)23-16-12(17)4-10(5-13(16)18)20-9(3)21/h4-6,8H,7H2,1-3H3,(H,20,21). The molecule has 1 aromatic carbocycles. The Morgan fingerprint density at radius 3 is 2.43 bits per heavy atom. The number of dihydropyridines is 1. The van der Waals surface area contributed by atoms with Crippen LogP contribution in [0, 0.1) is 5.92 Å². The second-order valence-electron chi connectivity index (χ2n) is 5.38. The van der Waals surface area contributed by atoms with Gasteiger partial charge in [0.25, 0.3) is 0 Å². The Balaban J connectivity index is 2.27. The van der Waals surface area contributed by atoms with E-state index in [0.717, 1.165) is 0 Å². The minimum atomic E-state index is -0.231. The molecule has 0 aromatic heterocycles. The first kappa shape index (κ1) is 17.5. The van der Waals surface area contributed by atoms with Crippen LogP contribution in [-0.4, -0.2) is 24.1 Å². The van der Waals surface area contributed by atoms with Gasteiger partial charge in [0.1, 0.15) is 6.54 Å². The van der Waals surface area contributed by atoms with E-state index in [4.69, 9.17) is 27.9 Å². The van der Waals surface area contributed by atoms with Crippen molar-refractivity contribution < 1.29 is 14.3 Å². The van der Waals surface area contributed by atoms with Crippen molar-refractivity contribution in [3.05, 3.63) is 33.8 Å². The van der Waals surface area contributed by atoms with Gasteiger partial charge < -0.3 is 10.1 Å². The number of amides is 1. The highest BCUT2D eigenvalue weighted by Gasteiger charge is 2.21. The molecule has 0 unspecified atom stereocenters. The van der Waals surface area contributed by atoms with Gasteiger partial charge in [-0.05, 0) is 18.1 Å². The van der Waals surface area contributed by atoms with Crippen molar-refractivity contribution in [1.82, 2.24) is 0 Å². The molecule has 0 spiro atoms. The third-order valence-electron chi connectivity index (χ3n) is 3.13. The lowest BCUT2D eigenvalue weighted by Crippen LogP contribution is -2.22. The van der Waals surface area contributed by atoms with E-state index in [-0.39, 0.29) is 45.8 Å². The zero-order valence-corrected chi connectivity index (χ0v) is 14.5. The van der Waals surface area contributed by atoms with Crippen LogP contribution in [0.25, 0.3) is 0 Å². The third-order valence-corrected chi connectivity index (χ3v) is 3.69. The highest BCUT2D eigenvalue weighted by atomic mass is 35.5. The van der Waals surface area contributed by atoms with E-state index in [1.807, 2.05) is 13.8 Å². The first-order valence-corrected chi connectivity index (χ1v) is 7.77. The minimum Gasteiger partial charge on any atom is -0.436 e. The van der Waals surface area contributed by atoms with Gasteiger partial charge in [-0.2, -0.15) is 0 Å². The quantitative estimate of drug-likeness (QED) is 0.894. The Labute approximate surface area is 144 Å². The fraction of sp³-hybridized carbons (Fsp3) is 0.312. The Morgan fingerprint density at radius 2 is 1.91 bits per heavy atom. The Hall–Kier alpha value is -1.85. The molecule has 0 fully saturated rings. The summed E-state index contributed by atoms with van der Waals surface area (Å²) < 4.78 is 5.65. The number of rotatable bonds is 3. The summed E-state index contributed by atoms with van der Waals surface area (Å²) in [4.78, 5) is 26.9. The van der Waals surface area contributed by atoms with Crippen LogP contribution in [0.15, 0.2) is 28.8 Å². The lowest BCUT2D eigenvalue weighted by Gasteiger charge is -2.17. The average molecular weight is 355 g/mol. The molecule has 0 saturated carbocycles. The summed E-state index contributed by atoms with van der Waals surface area (Å²) >= 11 is 12.3. The first-order valence-electron chi connectivity index (χ1n) is 7.01. The number of halogens is 2. The van der Waals surface area contributed by atoms with Crippen molar-refractivity contribution >= 4 is 46.5 Å². The van der Waals surface area contributed by atoms with Crippen molar-refractivity contribution in [2.45, 2.75) is 20.8 Å². The molecular weight excluding hydrogens is 339 g/mol. The first-order chi connectivity index (χ1) is 10.8. The number of benzene rings is 1. The molecule has 1 aliphatic rings. The smallest absolute Gasteiger partial charge is 0.221 e. The zero-order valence-electron chi connectivity index (χ0n) is 12.9. The summed E-state index contributed by atoms with van der Waals surface area (Å²) in [5.41, 5.74) is 1.12. The van der Waals surface area contributed by atoms with Gasteiger partial charge in [-0.25, -0.2) is 4.99 Å². The fourth-order valence-corrected chi connectivity index (χ4v) is 2.65. The number of Topliss-reactive ketones (excluding diaryl/α,β-unsaturated/α-hetero) is 1. The van der Waals surface area contributed by atoms with Gasteiger partial charge in [0, 0.05) is 24.3 Å². The highest BCUT2D eigenvalue weighted by molar-refractivity contribution is 6.38. The van der Waals surface area contributed by atoms with Crippen LogP contribution in [0.1, 0.15) is 20.8 Å². The molecule has 1 aliphatic heterocycles. The van der Waals surface area contributed by atoms with Gasteiger partial charge in [-0.1, -0.05) is 37.0 Å². The van der Waals surface area contributed by atoms with Crippen LogP contribution in [0.4, 0.5) is 5.69 Å². The van der Waals surface area contributed by atoms with E-state index in [2.05, 4.69) is 10.3 Å². The Bertz CT molecular complexity index is 701. The molecule has 2 rings (SSSR count). The lowest BCUT2D eigenvalue weighted by molar-refractivity contribution is -0.115. The SMILES string of the molecule is CC(=O)Nc1cc(Cl)c(OC2=NCC(=O)C(C(C)C)=C2)c(Cl)c1. The molecule has 0 aliphatic carbocycles. The van der Waals surface area contributed by atoms with Gasteiger partial charge in [0.05, 0.1) is 10.0 Å². The largest absolute Gasteiger partial charge is 0.436 e. The van der Waals surface area contributed by atoms with Crippen molar-refractivity contribution in [3.8, 4) is 5.75 Å². The summed E-state index contributed by atoms with van der Waals surface area (Å²) in [6.45, 7) is 5.28. The summed E-state index contributed by atoms with van der Waals surface area (Å²) in [5, 5.41) is 3.07. The zero-order chi connectivity index (χ0) is 17.1. The molecule has 0 radical (unpaired) electrons. The summed E-state index contributed by atoms with van der Waals surface area (Å²) in [7, 11) is 0. The normalized spacial score (nSPS) is 14.4. The molecule has 1 heterocycles. The minimum absolute atomic E-state index is 0.0226. The van der Waals surface area contributed by atoms with Gasteiger partial charge in [0.15, 0.2) is 11.5 Å². The molecule has 1 aromatic rings. The molecular formula is C16H16Cl2N2O3. The van der Waals surface area contributed by atoms with Crippen molar-refractivity contribution in [3.63, 3.8) is 0 Å². The molecule has 1 N–H and O–H groups in total. The van der Waals surface area contributed by atoms with E-state index in [0.29, 0.717) is 11.3 Å². The summed E-state index contributed by atoms with van der Waals surface area (Å²) in [5.74, 6) is 0.333. The van der Waals surface area contributed by atoms with Crippen LogP contribution in [0.3, 0.4) is 0 Å². The summed E-state index contributed by atoms with van der Waals surface area (Å²) in [6, 6.07) is 3.07. The molecule has 0 bridgehead atoms. The number of hydrogen-bond donors (Lipinski definition) is 1. The molecule has 5 nitrogen and oxygen atoms in total. The van der Waals surface area contributed by atoms with Gasteiger partial charge in [0.2, 0.25) is 11.8 Å². The Kier molecular flexibility index (Phi) is 5.44. The van der Waals surface area contributed by atoms with Crippen LogP contribution >= 0.6 is 23.2 Å². The van der Waals surface area contributed by atoms with E-state index >= 15 is 0 Å². The third kappa shape index (κ3) is 4.33. The number of nitrogens with one attached hydrogen (secondary N) is 1. The topological polar surface area (TPSA) is 67.8 Å². The van der Waals surface area contributed by atoms with Crippen molar-refractivity contribution in [2.24, 2.45) is 10.9 Å². The second-order valence-corrected chi connectivity index (χ2v) is 6.20. The lowest BCUT2D eigenvalue weighted by atomic mass is 9.97. The van der Waals surface area contributed by atoms with Gasteiger partial charge in [-0.15, -0.1) is 0 Å². The predicted molar refractivity (Wildman–Crippen MR) is 91.6 cm³/mol. The molecule has 1 amide bonds. The maximum absolute atomic E-state index is 11.8. The monoisotopic (exact) mass is 354 g/mol. The second kappa shape index (κ2) is 7.15. The van der Waals surface area contributed by atoms with Crippen LogP contribution < -0.4 is 10.1 Å². The van der Waals surface area contributed by atoms with E-state index in [1.165, 1.54) is 19.1 Å². The van der Waals surface area contributed by atoms with E-state index in [1.54, 1.807) is 6.08 Å². The number of nitrogens with zero attached hydrogens (tertiary/aromatic N) is 1. The summed E-state index contributed by atoms with van der Waals surface area (Å²) in [6.07, 6.45) is 1.60. The number of carbonyl (C=O) groups is 2. The number of aliphatic imine (C=N–C) groups is 1.